The van der Waals surface area contributed by atoms with Gasteiger partial charge < -0.3 is 15.4 Å². The maximum atomic E-state index is 5.83. The molecule has 2 N–H and O–H groups in total. The van der Waals surface area contributed by atoms with Crippen LogP contribution in [0.25, 0.3) is 0 Å². The van der Waals surface area contributed by atoms with E-state index < -0.39 is 0 Å². The van der Waals surface area contributed by atoms with E-state index in [0.717, 1.165) is 30.4 Å². The average molecular weight is 397 g/mol. The smallest absolute Gasteiger partial charge is 0.191 e. The molecule has 2 heterocycles. The second-order valence-electron chi connectivity index (χ2n) is 4.72. The summed E-state index contributed by atoms with van der Waals surface area (Å²) in [6.45, 7) is 4.64. The average Bonchev–Trinajstić information content (AvgIpc) is 2.99. The van der Waals surface area contributed by atoms with E-state index in [0.29, 0.717) is 18.2 Å². The number of guanidine groups is 1. The molecule has 3 unspecified atom stereocenters. The highest BCUT2D eigenvalue weighted by atomic mass is 127. The fourth-order valence-corrected chi connectivity index (χ4v) is 3.15. The molecule has 4 nitrogen and oxygen atoms in total. The predicted octanol–water partition coefficient (Wildman–Crippen LogP) is 2.01. The first-order valence-electron chi connectivity index (χ1n) is 6.64. The van der Waals surface area contributed by atoms with Crippen molar-refractivity contribution in [3.05, 3.63) is 12.7 Å². The number of thioether (sulfide) groups is 1. The molecular weight excluding hydrogens is 373 g/mol. The fourth-order valence-electron chi connectivity index (χ4n) is 2.57. The van der Waals surface area contributed by atoms with Gasteiger partial charge >= 0.3 is 0 Å². The fraction of sp³-hybridized carbons (Fsp3) is 0.769. The molecule has 0 radical (unpaired) electrons. The molecule has 0 spiro atoms. The second-order valence-corrected chi connectivity index (χ2v) is 5.87. The van der Waals surface area contributed by atoms with Gasteiger partial charge in [-0.2, -0.15) is 11.8 Å². The molecule has 19 heavy (non-hydrogen) atoms. The first-order chi connectivity index (χ1) is 8.83. The minimum atomic E-state index is 0. The molecule has 2 saturated heterocycles. The Bertz CT molecular complexity index is 314. The van der Waals surface area contributed by atoms with Crippen molar-refractivity contribution in [2.75, 3.05) is 25.1 Å². The number of hydrogen-bond acceptors (Lipinski definition) is 3. The van der Waals surface area contributed by atoms with Crippen molar-refractivity contribution in [2.24, 2.45) is 4.99 Å². The number of hydrogen-bond donors (Lipinski definition) is 2. The summed E-state index contributed by atoms with van der Waals surface area (Å²) in [5.74, 6) is 2.98. The second kappa shape index (κ2) is 9.07. The van der Waals surface area contributed by atoms with Gasteiger partial charge in [-0.15, -0.1) is 30.6 Å². The topological polar surface area (TPSA) is 45.7 Å². The van der Waals surface area contributed by atoms with Gasteiger partial charge in [0.1, 0.15) is 0 Å². The SMILES string of the molecule is C=CCSCCNC(=NC)NC1CC2CCC1O2.I. The van der Waals surface area contributed by atoms with Gasteiger partial charge in [-0.1, -0.05) is 6.08 Å². The molecule has 6 heteroatoms. The summed E-state index contributed by atoms with van der Waals surface area (Å²) in [5.41, 5.74) is 0. The lowest BCUT2D eigenvalue weighted by Gasteiger charge is -2.22. The van der Waals surface area contributed by atoms with Crippen molar-refractivity contribution in [3.63, 3.8) is 0 Å². The first kappa shape index (κ1) is 17.1. The lowest BCUT2D eigenvalue weighted by atomic mass is 9.96. The van der Waals surface area contributed by atoms with Crippen molar-refractivity contribution in [1.29, 1.82) is 0 Å². The largest absolute Gasteiger partial charge is 0.373 e. The van der Waals surface area contributed by atoms with Gasteiger partial charge in [0, 0.05) is 25.1 Å². The minimum absolute atomic E-state index is 0. The third-order valence-corrected chi connectivity index (χ3v) is 4.39. The number of nitrogens with zero attached hydrogens (tertiary/aromatic N) is 1. The third-order valence-electron chi connectivity index (χ3n) is 3.43. The van der Waals surface area contributed by atoms with E-state index >= 15 is 0 Å². The highest BCUT2D eigenvalue weighted by molar-refractivity contribution is 14.0. The summed E-state index contributed by atoms with van der Waals surface area (Å²) < 4.78 is 5.83. The first-order valence-corrected chi connectivity index (χ1v) is 7.80. The molecule has 0 aromatic heterocycles. The van der Waals surface area contributed by atoms with Crippen LogP contribution in [0.2, 0.25) is 0 Å². The van der Waals surface area contributed by atoms with Crippen LogP contribution >= 0.6 is 35.7 Å². The van der Waals surface area contributed by atoms with Gasteiger partial charge in [0.2, 0.25) is 0 Å². The summed E-state index contributed by atoms with van der Waals surface area (Å²) in [6, 6.07) is 0.441. The van der Waals surface area contributed by atoms with Crippen molar-refractivity contribution in [2.45, 2.75) is 37.5 Å². The van der Waals surface area contributed by atoms with E-state index in [1.165, 1.54) is 12.8 Å². The van der Waals surface area contributed by atoms with Crippen LogP contribution in [0, 0.1) is 0 Å². The van der Waals surface area contributed by atoms with E-state index in [1.807, 2.05) is 24.9 Å². The van der Waals surface area contributed by atoms with Crippen LogP contribution < -0.4 is 10.6 Å². The van der Waals surface area contributed by atoms with Crippen LogP contribution in [-0.2, 0) is 4.74 Å². The predicted molar refractivity (Wildman–Crippen MR) is 93.7 cm³/mol. The van der Waals surface area contributed by atoms with Gasteiger partial charge in [-0.3, -0.25) is 4.99 Å². The summed E-state index contributed by atoms with van der Waals surface area (Å²) >= 11 is 1.87. The maximum Gasteiger partial charge on any atom is 0.191 e. The lowest BCUT2D eigenvalue weighted by molar-refractivity contribution is 0.0992. The molecule has 0 aromatic rings. The Balaban J connectivity index is 0.00000180. The molecular formula is C13H24IN3OS. The van der Waals surface area contributed by atoms with Crippen molar-refractivity contribution in [3.8, 4) is 0 Å². The van der Waals surface area contributed by atoms with Crippen LogP contribution in [0.3, 0.4) is 0 Å². The Hall–Kier alpha value is 0.0500. The molecule has 2 aliphatic heterocycles. The van der Waals surface area contributed by atoms with Crippen LogP contribution in [0.15, 0.2) is 17.6 Å². The number of nitrogens with one attached hydrogen (secondary N) is 2. The number of fused-ring (bicyclic) bond motifs is 2. The lowest BCUT2D eigenvalue weighted by Crippen LogP contribution is -2.47. The monoisotopic (exact) mass is 397 g/mol. The van der Waals surface area contributed by atoms with E-state index in [9.17, 15) is 0 Å². The zero-order chi connectivity index (χ0) is 12.8. The van der Waals surface area contributed by atoms with Crippen LogP contribution in [-0.4, -0.2) is 49.3 Å². The zero-order valence-electron chi connectivity index (χ0n) is 11.4. The van der Waals surface area contributed by atoms with E-state index in [4.69, 9.17) is 4.74 Å². The number of ether oxygens (including phenoxy) is 1. The minimum Gasteiger partial charge on any atom is -0.373 e. The van der Waals surface area contributed by atoms with Gasteiger partial charge in [0.05, 0.1) is 18.2 Å². The van der Waals surface area contributed by atoms with E-state index in [1.54, 1.807) is 0 Å². The van der Waals surface area contributed by atoms with Crippen molar-refractivity contribution in [1.82, 2.24) is 10.6 Å². The van der Waals surface area contributed by atoms with E-state index in [2.05, 4.69) is 22.2 Å². The molecule has 2 bridgehead atoms. The molecule has 0 saturated carbocycles. The molecule has 2 fully saturated rings. The summed E-state index contributed by atoms with van der Waals surface area (Å²) in [7, 11) is 1.82. The number of aliphatic imine (C=N–C) groups is 1. The summed E-state index contributed by atoms with van der Waals surface area (Å²) in [4.78, 5) is 4.26. The Labute approximate surface area is 137 Å². The Morgan fingerprint density at radius 2 is 2.37 bits per heavy atom. The maximum absolute atomic E-state index is 5.83. The quantitative estimate of drug-likeness (QED) is 0.237. The molecule has 2 aliphatic rings. The van der Waals surface area contributed by atoms with E-state index in [-0.39, 0.29) is 24.0 Å². The van der Waals surface area contributed by atoms with Gasteiger partial charge in [0.15, 0.2) is 5.96 Å². The molecule has 0 amide bonds. The summed E-state index contributed by atoms with van der Waals surface area (Å²) in [5, 5.41) is 6.82. The third kappa shape index (κ3) is 5.15. The molecule has 0 aromatic carbocycles. The number of halogens is 1. The molecule has 2 rings (SSSR count). The van der Waals surface area contributed by atoms with Crippen LogP contribution in [0.4, 0.5) is 0 Å². The van der Waals surface area contributed by atoms with Crippen molar-refractivity contribution < 1.29 is 4.74 Å². The molecule has 0 aliphatic carbocycles. The highest BCUT2D eigenvalue weighted by Crippen LogP contribution is 2.34. The zero-order valence-corrected chi connectivity index (χ0v) is 14.6. The standard InChI is InChI=1S/C13H23N3OS.HI/c1-3-7-18-8-6-15-13(14-2)16-11-9-10-4-5-12(11)17-10;/h3,10-12H,1,4-9H2,2H3,(H2,14,15,16);1H. The van der Waals surface area contributed by atoms with Crippen molar-refractivity contribution >= 4 is 41.7 Å². The molecule has 110 valence electrons. The summed E-state index contributed by atoms with van der Waals surface area (Å²) in [6.07, 6.45) is 6.35. The van der Waals surface area contributed by atoms with Crippen LogP contribution in [0.1, 0.15) is 19.3 Å². The Morgan fingerprint density at radius 3 is 2.95 bits per heavy atom. The molecule has 3 atom stereocenters. The Morgan fingerprint density at radius 1 is 1.53 bits per heavy atom. The Kier molecular flexibility index (Phi) is 8.17. The number of rotatable bonds is 6. The highest BCUT2D eigenvalue weighted by Gasteiger charge is 2.40. The van der Waals surface area contributed by atoms with Gasteiger partial charge in [0.25, 0.3) is 0 Å². The van der Waals surface area contributed by atoms with Gasteiger partial charge in [-0.25, -0.2) is 0 Å². The van der Waals surface area contributed by atoms with Crippen LogP contribution in [0.5, 0.6) is 0 Å². The normalized spacial score (nSPS) is 28.9. The van der Waals surface area contributed by atoms with Gasteiger partial charge in [-0.05, 0) is 19.3 Å².